The molecule has 1 saturated heterocycles. The molecule has 1 fully saturated rings. The van der Waals surface area contributed by atoms with Crippen LogP contribution in [0.2, 0.25) is 0 Å². The van der Waals surface area contributed by atoms with Gasteiger partial charge in [0.1, 0.15) is 12.3 Å². The van der Waals surface area contributed by atoms with Gasteiger partial charge in [-0.3, -0.25) is 9.69 Å². The molecule has 0 saturated carbocycles. The Labute approximate surface area is 138 Å². The number of hydrogen-bond acceptors (Lipinski definition) is 3. The Hall–Kier alpha value is -2.02. The molecule has 0 aliphatic carbocycles. The molecule has 2 aliphatic heterocycles. The number of phenols is 1. The van der Waals surface area contributed by atoms with Gasteiger partial charge in [-0.05, 0) is 36.1 Å². The first-order valence-electron chi connectivity index (χ1n) is 7.91. The lowest BCUT2D eigenvalue weighted by Gasteiger charge is -2.31. The van der Waals surface area contributed by atoms with Crippen molar-refractivity contribution in [2.24, 2.45) is 0 Å². The zero-order chi connectivity index (χ0) is 17.3. The van der Waals surface area contributed by atoms with Gasteiger partial charge in [0.05, 0.1) is 6.04 Å². The van der Waals surface area contributed by atoms with Crippen LogP contribution in [-0.4, -0.2) is 59.2 Å². The fourth-order valence-electron chi connectivity index (χ4n) is 3.34. The molecule has 2 aliphatic rings. The van der Waals surface area contributed by atoms with Crippen molar-refractivity contribution < 1.29 is 23.1 Å². The first-order chi connectivity index (χ1) is 11.3. The first-order valence-corrected chi connectivity index (χ1v) is 7.91. The van der Waals surface area contributed by atoms with Gasteiger partial charge in [-0.25, -0.2) is 0 Å². The number of hydrogen-bond donors (Lipinski definition) is 1. The molecule has 1 amide bonds. The van der Waals surface area contributed by atoms with E-state index in [0.717, 1.165) is 22.5 Å². The SMILES string of the molecule is O=C1[C@H](N2CC=C(c3ccc(O)cc3)CC2)CCN1CC(F)(F)F. The maximum Gasteiger partial charge on any atom is 0.406 e. The lowest BCUT2D eigenvalue weighted by molar-refractivity contribution is -0.159. The average molecular weight is 340 g/mol. The van der Waals surface area contributed by atoms with E-state index in [9.17, 15) is 23.1 Å². The number of likely N-dealkylation sites (tertiary alicyclic amines) is 1. The van der Waals surface area contributed by atoms with Crippen molar-refractivity contribution in [3.63, 3.8) is 0 Å². The van der Waals surface area contributed by atoms with Gasteiger partial charge in [-0.15, -0.1) is 0 Å². The predicted octanol–water partition coefficient (Wildman–Crippen LogP) is 2.64. The maximum atomic E-state index is 12.5. The predicted molar refractivity (Wildman–Crippen MR) is 83.3 cm³/mol. The number of halogens is 3. The standard InChI is InChI=1S/C17H19F3N2O2/c18-17(19,20)11-22-10-7-15(16(22)24)21-8-5-13(6-9-21)12-1-3-14(23)4-2-12/h1-5,15,23H,6-11H2/t15-/m1/s1. The number of nitrogens with zero attached hydrogens (tertiary/aromatic N) is 2. The van der Waals surface area contributed by atoms with Crippen LogP contribution < -0.4 is 0 Å². The fraction of sp³-hybridized carbons (Fsp3) is 0.471. The Morgan fingerprint density at radius 1 is 1.17 bits per heavy atom. The summed E-state index contributed by atoms with van der Waals surface area (Å²) in [5.41, 5.74) is 2.15. The third kappa shape index (κ3) is 3.72. The van der Waals surface area contributed by atoms with Gasteiger partial charge in [-0.1, -0.05) is 18.2 Å². The van der Waals surface area contributed by atoms with Gasteiger partial charge in [0.15, 0.2) is 0 Å². The summed E-state index contributed by atoms with van der Waals surface area (Å²) in [7, 11) is 0. The van der Waals surface area contributed by atoms with Crippen molar-refractivity contribution in [1.82, 2.24) is 9.80 Å². The average Bonchev–Trinajstić information content (AvgIpc) is 2.88. The number of alkyl halides is 3. The number of carbonyl (C=O) groups is 1. The lowest BCUT2D eigenvalue weighted by Crippen LogP contribution is -2.45. The minimum absolute atomic E-state index is 0.161. The quantitative estimate of drug-likeness (QED) is 0.920. The summed E-state index contributed by atoms with van der Waals surface area (Å²) in [6.45, 7) is 0.189. The molecule has 24 heavy (non-hydrogen) atoms. The normalized spacial score (nSPS) is 22.8. The van der Waals surface area contributed by atoms with Crippen LogP contribution in [0.1, 0.15) is 18.4 Å². The second-order valence-electron chi connectivity index (χ2n) is 6.20. The molecule has 1 N–H and O–H groups in total. The molecule has 0 spiro atoms. The van der Waals surface area contributed by atoms with E-state index in [-0.39, 0.29) is 12.3 Å². The van der Waals surface area contributed by atoms with Gasteiger partial charge < -0.3 is 10.0 Å². The van der Waals surface area contributed by atoms with E-state index in [0.29, 0.717) is 19.5 Å². The largest absolute Gasteiger partial charge is 0.508 e. The van der Waals surface area contributed by atoms with Crippen LogP contribution >= 0.6 is 0 Å². The van der Waals surface area contributed by atoms with Crippen LogP contribution in [0, 0.1) is 0 Å². The van der Waals surface area contributed by atoms with Gasteiger partial charge in [0.2, 0.25) is 5.91 Å². The third-order valence-corrected chi connectivity index (χ3v) is 4.56. The molecule has 4 nitrogen and oxygen atoms in total. The summed E-state index contributed by atoms with van der Waals surface area (Å²) in [4.78, 5) is 15.1. The first kappa shape index (κ1) is 16.8. The molecule has 3 rings (SSSR count). The van der Waals surface area contributed by atoms with E-state index >= 15 is 0 Å². The van der Waals surface area contributed by atoms with Crippen LogP contribution in [0.25, 0.3) is 5.57 Å². The molecule has 0 radical (unpaired) electrons. The summed E-state index contributed by atoms with van der Waals surface area (Å²) in [6, 6.07) is 6.46. The highest BCUT2D eigenvalue weighted by atomic mass is 19.4. The van der Waals surface area contributed by atoms with E-state index in [1.54, 1.807) is 12.1 Å². The number of carbonyl (C=O) groups excluding carboxylic acids is 1. The van der Waals surface area contributed by atoms with Crippen LogP contribution in [0.3, 0.4) is 0 Å². The monoisotopic (exact) mass is 340 g/mol. The van der Waals surface area contributed by atoms with E-state index in [1.807, 2.05) is 23.1 Å². The summed E-state index contributed by atoms with van der Waals surface area (Å²) < 4.78 is 37.4. The van der Waals surface area contributed by atoms with Crippen molar-refractivity contribution in [2.45, 2.75) is 25.1 Å². The summed E-state index contributed by atoms with van der Waals surface area (Å²) in [6.07, 6.45) is -1.17. The molecule has 7 heteroatoms. The van der Waals surface area contributed by atoms with Gasteiger partial charge in [0, 0.05) is 19.6 Å². The van der Waals surface area contributed by atoms with Crippen molar-refractivity contribution >= 4 is 11.5 Å². The van der Waals surface area contributed by atoms with E-state index < -0.39 is 24.7 Å². The fourth-order valence-corrected chi connectivity index (χ4v) is 3.34. The summed E-state index contributed by atoms with van der Waals surface area (Å²) in [5.74, 6) is -0.216. The highest BCUT2D eigenvalue weighted by molar-refractivity contribution is 5.84. The Morgan fingerprint density at radius 2 is 1.88 bits per heavy atom. The third-order valence-electron chi connectivity index (χ3n) is 4.56. The second-order valence-corrected chi connectivity index (χ2v) is 6.20. The van der Waals surface area contributed by atoms with Crippen LogP contribution in [0.4, 0.5) is 13.2 Å². The maximum absolute atomic E-state index is 12.5. The van der Waals surface area contributed by atoms with Crippen LogP contribution in [-0.2, 0) is 4.79 Å². The molecule has 0 bridgehead atoms. The van der Waals surface area contributed by atoms with Crippen molar-refractivity contribution in [3.05, 3.63) is 35.9 Å². The minimum atomic E-state index is -4.35. The molecular formula is C17H19F3N2O2. The highest BCUT2D eigenvalue weighted by Crippen LogP contribution is 2.28. The molecular weight excluding hydrogens is 321 g/mol. The molecule has 130 valence electrons. The minimum Gasteiger partial charge on any atom is -0.508 e. The van der Waals surface area contributed by atoms with Gasteiger partial charge >= 0.3 is 6.18 Å². The summed E-state index contributed by atoms with van der Waals surface area (Å²) in [5, 5.41) is 9.33. The number of rotatable bonds is 3. The molecule has 1 aromatic carbocycles. The molecule has 1 atom stereocenters. The van der Waals surface area contributed by atoms with Crippen LogP contribution in [0.5, 0.6) is 5.75 Å². The molecule has 0 unspecified atom stereocenters. The zero-order valence-corrected chi connectivity index (χ0v) is 13.1. The van der Waals surface area contributed by atoms with E-state index in [2.05, 4.69) is 0 Å². The van der Waals surface area contributed by atoms with Crippen molar-refractivity contribution in [3.8, 4) is 5.75 Å². The number of aromatic hydroxyl groups is 1. The molecule has 0 aromatic heterocycles. The summed E-state index contributed by atoms with van der Waals surface area (Å²) >= 11 is 0. The van der Waals surface area contributed by atoms with Gasteiger partial charge in [-0.2, -0.15) is 13.2 Å². The lowest BCUT2D eigenvalue weighted by atomic mass is 9.98. The second kappa shape index (κ2) is 6.47. The molecule has 1 aromatic rings. The topological polar surface area (TPSA) is 43.8 Å². The van der Waals surface area contributed by atoms with Crippen molar-refractivity contribution in [2.75, 3.05) is 26.2 Å². The zero-order valence-electron chi connectivity index (χ0n) is 13.1. The van der Waals surface area contributed by atoms with Gasteiger partial charge in [0.25, 0.3) is 0 Å². The van der Waals surface area contributed by atoms with Crippen LogP contribution in [0.15, 0.2) is 30.3 Å². The highest BCUT2D eigenvalue weighted by Gasteiger charge is 2.41. The Kier molecular flexibility index (Phi) is 4.54. The number of amides is 1. The Morgan fingerprint density at radius 3 is 2.46 bits per heavy atom. The van der Waals surface area contributed by atoms with E-state index in [1.165, 1.54) is 0 Å². The Bertz CT molecular complexity index is 640. The smallest absolute Gasteiger partial charge is 0.406 e. The molecule has 2 heterocycles. The van der Waals surface area contributed by atoms with E-state index in [4.69, 9.17) is 0 Å². The number of phenolic OH excluding ortho intramolecular Hbond substituents is 1. The van der Waals surface area contributed by atoms with Crippen molar-refractivity contribution in [1.29, 1.82) is 0 Å². The Balaban J connectivity index is 1.62. The number of benzene rings is 1.